The predicted molar refractivity (Wildman–Crippen MR) is 112 cm³/mol. The molecular weight excluding hydrogens is 409 g/mol. The number of benzene rings is 1. The van der Waals surface area contributed by atoms with Crippen LogP contribution in [0.25, 0.3) is 0 Å². The van der Waals surface area contributed by atoms with Gasteiger partial charge in [0.25, 0.3) is 5.91 Å². The van der Waals surface area contributed by atoms with Crippen molar-refractivity contribution in [1.82, 2.24) is 16.0 Å². The monoisotopic (exact) mass is 435 g/mol. The van der Waals surface area contributed by atoms with Gasteiger partial charge in [-0.05, 0) is 56.7 Å². The van der Waals surface area contributed by atoms with Crippen LogP contribution in [0.2, 0.25) is 5.02 Å². The van der Waals surface area contributed by atoms with Crippen molar-refractivity contribution in [3.8, 4) is 5.75 Å². The third-order valence-corrected chi connectivity index (χ3v) is 6.61. The van der Waals surface area contributed by atoms with Gasteiger partial charge in [0.1, 0.15) is 11.6 Å². The second-order valence-corrected chi connectivity index (χ2v) is 9.00. The van der Waals surface area contributed by atoms with Crippen LogP contribution in [0.4, 0.5) is 4.39 Å². The average molecular weight is 436 g/mol. The third-order valence-electron chi connectivity index (χ3n) is 6.31. The summed E-state index contributed by atoms with van der Waals surface area (Å²) >= 11 is 5.64. The molecule has 6 nitrogen and oxygen atoms in total. The van der Waals surface area contributed by atoms with Gasteiger partial charge in [-0.2, -0.15) is 0 Å². The Labute approximate surface area is 180 Å². The molecule has 2 amide bonds. The molecular formula is C22H27ClFN3O3. The van der Waals surface area contributed by atoms with Gasteiger partial charge in [-0.25, -0.2) is 4.39 Å². The minimum Gasteiger partial charge on any atom is -0.484 e. The Kier molecular flexibility index (Phi) is 6.29. The number of rotatable bonds is 7. The molecule has 4 fully saturated rings. The van der Waals surface area contributed by atoms with Gasteiger partial charge in [0.15, 0.2) is 6.61 Å². The van der Waals surface area contributed by atoms with Gasteiger partial charge in [0.05, 0.1) is 5.02 Å². The molecule has 1 heterocycles. The van der Waals surface area contributed by atoms with E-state index >= 15 is 0 Å². The molecule has 5 rings (SSSR count). The summed E-state index contributed by atoms with van der Waals surface area (Å²) in [6, 6.07) is 4.43. The van der Waals surface area contributed by atoms with E-state index in [0.29, 0.717) is 5.92 Å². The molecule has 4 aliphatic rings. The first-order valence-corrected chi connectivity index (χ1v) is 10.9. The maximum absolute atomic E-state index is 13.5. The highest BCUT2D eigenvalue weighted by atomic mass is 35.5. The van der Waals surface area contributed by atoms with E-state index in [4.69, 9.17) is 16.3 Å². The highest BCUT2D eigenvalue weighted by Gasteiger charge is 2.57. The van der Waals surface area contributed by atoms with Crippen molar-refractivity contribution in [2.75, 3.05) is 13.2 Å². The molecule has 1 unspecified atom stereocenters. The summed E-state index contributed by atoms with van der Waals surface area (Å²) in [6.07, 6.45) is 9.45. The first kappa shape index (κ1) is 21.1. The van der Waals surface area contributed by atoms with E-state index in [1.165, 1.54) is 25.0 Å². The van der Waals surface area contributed by atoms with Crippen molar-refractivity contribution in [3.05, 3.63) is 41.2 Å². The van der Waals surface area contributed by atoms with Crippen LogP contribution in [0, 0.1) is 11.7 Å². The lowest BCUT2D eigenvalue weighted by atomic mass is 9.76. The molecule has 1 aromatic rings. The first-order valence-electron chi connectivity index (χ1n) is 10.5. The van der Waals surface area contributed by atoms with Crippen LogP contribution in [0.3, 0.4) is 0 Å². The average Bonchev–Trinajstić information content (AvgIpc) is 3.21. The zero-order valence-electron chi connectivity index (χ0n) is 16.8. The number of hydrogen-bond donors (Lipinski definition) is 3. The molecule has 2 bridgehead atoms. The summed E-state index contributed by atoms with van der Waals surface area (Å²) in [6.45, 7) is 0.807. The predicted octanol–water partition coefficient (Wildman–Crippen LogP) is 2.71. The highest BCUT2D eigenvalue weighted by Crippen LogP contribution is 2.52. The smallest absolute Gasteiger partial charge is 0.258 e. The number of hydrogen-bond acceptors (Lipinski definition) is 4. The molecule has 162 valence electrons. The summed E-state index contributed by atoms with van der Waals surface area (Å²) in [7, 11) is 0. The summed E-state index contributed by atoms with van der Waals surface area (Å²) in [5.74, 6) is -0.264. The lowest BCUT2D eigenvalue weighted by Gasteiger charge is -2.39. The summed E-state index contributed by atoms with van der Waals surface area (Å²) in [4.78, 5) is 24.6. The quantitative estimate of drug-likeness (QED) is 0.575. The number of amides is 2. The van der Waals surface area contributed by atoms with Gasteiger partial charge in [0, 0.05) is 29.8 Å². The van der Waals surface area contributed by atoms with Crippen LogP contribution < -0.4 is 20.7 Å². The molecule has 8 heteroatoms. The minimum atomic E-state index is -0.585. The highest BCUT2D eigenvalue weighted by molar-refractivity contribution is 6.30. The number of carbonyl (C=O) groups is 2. The SMILES string of the molecule is O=C(/C=C/C1CCCCN1)N[C@H]1CC2(NC(=O)COc3ccc(Cl)c(F)c3)CC1C2. The molecule has 2 atom stereocenters. The van der Waals surface area contributed by atoms with E-state index in [0.717, 1.165) is 38.3 Å². The molecule has 1 saturated heterocycles. The van der Waals surface area contributed by atoms with E-state index in [9.17, 15) is 14.0 Å². The lowest BCUT2D eigenvalue weighted by Crippen LogP contribution is -2.53. The van der Waals surface area contributed by atoms with Crippen LogP contribution in [0.15, 0.2) is 30.4 Å². The van der Waals surface area contributed by atoms with Gasteiger partial charge in [-0.15, -0.1) is 0 Å². The minimum absolute atomic E-state index is 0.00935. The van der Waals surface area contributed by atoms with Crippen LogP contribution >= 0.6 is 11.6 Å². The van der Waals surface area contributed by atoms with Crippen molar-refractivity contribution in [1.29, 1.82) is 0 Å². The second kappa shape index (κ2) is 8.94. The van der Waals surface area contributed by atoms with E-state index in [-0.39, 0.29) is 46.8 Å². The Bertz CT molecular complexity index is 835. The number of carbonyl (C=O) groups excluding carboxylic acids is 2. The Balaban J connectivity index is 1.21. The van der Waals surface area contributed by atoms with Crippen LogP contribution in [0.1, 0.15) is 38.5 Å². The molecule has 1 aromatic carbocycles. The van der Waals surface area contributed by atoms with Crippen molar-refractivity contribution in [2.45, 2.75) is 56.1 Å². The van der Waals surface area contributed by atoms with Crippen molar-refractivity contribution in [3.63, 3.8) is 0 Å². The maximum atomic E-state index is 13.5. The molecule has 1 aliphatic heterocycles. The third kappa shape index (κ3) is 4.95. The van der Waals surface area contributed by atoms with Gasteiger partial charge in [-0.1, -0.05) is 24.1 Å². The Morgan fingerprint density at radius 3 is 2.87 bits per heavy atom. The largest absolute Gasteiger partial charge is 0.484 e. The Morgan fingerprint density at radius 2 is 2.13 bits per heavy atom. The zero-order chi connectivity index (χ0) is 21.1. The van der Waals surface area contributed by atoms with E-state index in [2.05, 4.69) is 16.0 Å². The fraction of sp³-hybridized carbons (Fsp3) is 0.545. The molecule has 0 aromatic heterocycles. The molecule has 0 spiro atoms. The maximum Gasteiger partial charge on any atom is 0.258 e. The molecule has 3 N–H and O–H groups in total. The number of fused-ring (bicyclic) bond motifs is 1. The lowest BCUT2D eigenvalue weighted by molar-refractivity contribution is -0.126. The van der Waals surface area contributed by atoms with Crippen LogP contribution in [-0.4, -0.2) is 42.6 Å². The Morgan fingerprint density at radius 1 is 1.30 bits per heavy atom. The summed E-state index contributed by atoms with van der Waals surface area (Å²) < 4.78 is 18.8. The molecule has 0 radical (unpaired) electrons. The van der Waals surface area contributed by atoms with Gasteiger partial charge in [-0.3, -0.25) is 9.59 Å². The summed E-state index contributed by atoms with van der Waals surface area (Å²) in [5, 5.41) is 9.53. The van der Waals surface area contributed by atoms with E-state index in [1.807, 2.05) is 6.08 Å². The number of ether oxygens (including phenoxy) is 1. The molecule has 3 saturated carbocycles. The first-order chi connectivity index (χ1) is 14.4. The fourth-order valence-electron chi connectivity index (χ4n) is 4.83. The normalized spacial score (nSPS) is 30.0. The molecule has 30 heavy (non-hydrogen) atoms. The van der Waals surface area contributed by atoms with Gasteiger partial charge in [0.2, 0.25) is 5.91 Å². The number of nitrogens with one attached hydrogen (secondary N) is 3. The molecule has 3 aliphatic carbocycles. The van der Waals surface area contributed by atoms with Gasteiger partial charge < -0.3 is 20.7 Å². The van der Waals surface area contributed by atoms with E-state index in [1.54, 1.807) is 6.08 Å². The van der Waals surface area contributed by atoms with Crippen LogP contribution in [-0.2, 0) is 9.59 Å². The Hall–Kier alpha value is -2.12. The fourth-order valence-corrected chi connectivity index (χ4v) is 4.95. The zero-order valence-corrected chi connectivity index (χ0v) is 17.5. The number of halogens is 2. The standard InChI is InChI=1S/C22H27ClFN3O3/c23-17-6-5-16(9-18(17)24)30-13-21(29)27-22-10-14(11-22)19(12-22)26-20(28)7-4-15-3-1-2-8-25-15/h4-7,9,14-15,19,25H,1-3,8,10-13H2,(H,26,28)(H,27,29)/b7-4+/t14?,15?,19-,22?/m0/s1. The van der Waals surface area contributed by atoms with Crippen molar-refractivity contribution in [2.24, 2.45) is 5.92 Å². The number of piperidine rings is 1. The second-order valence-electron chi connectivity index (χ2n) is 8.60. The van der Waals surface area contributed by atoms with Gasteiger partial charge >= 0.3 is 0 Å². The van der Waals surface area contributed by atoms with E-state index < -0.39 is 5.82 Å². The van der Waals surface area contributed by atoms with Crippen molar-refractivity contribution < 1.29 is 18.7 Å². The van der Waals surface area contributed by atoms with Crippen LogP contribution in [0.5, 0.6) is 5.75 Å². The summed E-state index contributed by atoms with van der Waals surface area (Å²) in [5.41, 5.74) is -0.275. The van der Waals surface area contributed by atoms with Crippen molar-refractivity contribution >= 4 is 23.4 Å². The topological polar surface area (TPSA) is 79.5 Å².